The van der Waals surface area contributed by atoms with Crippen molar-refractivity contribution in [2.24, 2.45) is 0 Å². The van der Waals surface area contributed by atoms with Crippen LogP contribution in [0.5, 0.6) is 0 Å². The smallest absolute Gasteiger partial charge is 0.223 e. The number of hydrogen-bond acceptors (Lipinski definition) is 5. The van der Waals surface area contributed by atoms with Crippen LogP contribution in [0.25, 0.3) is 28.2 Å². The lowest BCUT2D eigenvalue weighted by molar-refractivity contribution is 0.186. The Morgan fingerprint density at radius 2 is 1.65 bits per heavy atom. The molecule has 1 aliphatic heterocycles. The van der Waals surface area contributed by atoms with Crippen LogP contribution in [0.2, 0.25) is 0 Å². The average Bonchev–Trinajstić information content (AvgIpc) is 3.56. The fourth-order valence-electron chi connectivity index (χ4n) is 5.45. The number of hydrogen-bond donors (Lipinski definition) is 1. The van der Waals surface area contributed by atoms with Crippen LogP contribution in [-0.2, 0) is 0 Å². The first kappa shape index (κ1) is 21.2. The summed E-state index contributed by atoms with van der Waals surface area (Å²) in [6.07, 6.45) is 12.2. The minimum atomic E-state index is -0.449. The zero-order chi connectivity index (χ0) is 22.9. The standard InChI is InChI=1S/C27H29FN6/c28-23-16-30-27(31-21-9-11-22(12-10-21)33-14-4-5-15-33)32-26(23)24-17-29-25-13-8-20(18-34(24)25)19-6-2-1-3-7-19/h1-3,6-8,13,16-18,21-22H,4-5,9-12,14-15H2,(H,30,31,32)/t21-,22-. The lowest BCUT2D eigenvalue weighted by Gasteiger charge is -2.34. The minimum absolute atomic E-state index is 0.265. The van der Waals surface area contributed by atoms with E-state index in [0.717, 1.165) is 29.6 Å². The molecule has 1 aromatic carbocycles. The monoisotopic (exact) mass is 456 g/mol. The van der Waals surface area contributed by atoms with Crippen LogP contribution in [0.15, 0.2) is 61.1 Å². The molecule has 0 radical (unpaired) electrons. The largest absolute Gasteiger partial charge is 0.351 e. The maximum atomic E-state index is 14.9. The Labute approximate surface area is 198 Å². The number of nitrogens with one attached hydrogen (secondary N) is 1. The van der Waals surface area contributed by atoms with Gasteiger partial charge in [0.1, 0.15) is 11.3 Å². The van der Waals surface area contributed by atoms with Crippen molar-refractivity contribution in [2.75, 3.05) is 18.4 Å². The van der Waals surface area contributed by atoms with Gasteiger partial charge in [0.25, 0.3) is 0 Å². The molecule has 2 aliphatic rings. The summed E-state index contributed by atoms with van der Waals surface area (Å²) in [6, 6.07) is 15.1. The van der Waals surface area contributed by atoms with Gasteiger partial charge in [0, 0.05) is 18.3 Å². The Hall–Kier alpha value is -3.32. The van der Waals surface area contributed by atoms with E-state index in [1.54, 1.807) is 6.20 Å². The summed E-state index contributed by atoms with van der Waals surface area (Å²) in [7, 11) is 0. The zero-order valence-corrected chi connectivity index (χ0v) is 19.2. The number of pyridine rings is 1. The van der Waals surface area contributed by atoms with Gasteiger partial charge in [0.15, 0.2) is 5.82 Å². The molecule has 174 valence electrons. The Bertz CT molecular complexity index is 1270. The van der Waals surface area contributed by atoms with Crippen molar-refractivity contribution in [2.45, 2.75) is 50.6 Å². The molecular weight excluding hydrogens is 427 g/mol. The highest BCUT2D eigenvalue weighted by molar-refractivity contribution is 5.68. The van der Waals surface area contributed by atoms with Gasteiger partial charge >= 0.3 is 0 Å². The number of anilines is 1. The molecular formula is C27H29FN6. The lowest BCUT2D eigenvalue weighted by Crippen LogP contribution is -2.39. The SMILES string of the molecule is Fc1cnc(N[C@H]2CC[C@H](N3CCCC3)CC2)nc1-c1cnc2ccc(-c3ccccc3)cn12. The number of rotatable bonds is 5. The number of halogens is 1. The van der Waals surface area contributed by atoms with Crippen LogP contribution in [0.4, 0.5) is 10.3 Å². The Morgan fingerprint density at radius 3 is 2.44 bits per heavy atom. The molecule has 0 spiro atoms. The van der Waals surface area contributed by atoms with Gasteiger partial charge in [-0.05, 0) is 74.9 Å². The normalized spacial score (nSPS) is 21.2. The second-order valence-corrected chi connectivity index (χ2v) is 9.44. The second kappa shape index (κ2) is 9.14. The molecule has 0 bridgehead atoms. The van der Waals surface area contributed by atoms with Crippen LogP contribution in [-0.4, -0.2) is 49.4 Å². The van der Waals surface area contributed by atoms with E-state index in [2.05, 4.69) is 37.3 Å². The molecule has 6 nitrogen and oxygen atoms in total. The van der Waals surface area contributed by atoms with Crippen molar-refractivity contribution >= 4 is 11.6 Å². The molecule has 6 rings (SSSR count). The molecule has 1 saturated heterocycles. The van der Waals surface area contributed by atoms with Gasteiger partial charge in [-0.25, -0.2) is 19.3 Å². The van der Waals surface area contributed by atoms with E-state index in [1.807, 2.05) is 40.9 Å². The summed E-state index contributed by atoms with van der Waals surface area (Å²) in [6.45, 7) is 2.50. The average molecular weight is 457 g/mol. The lowest BCUT2D eigenvalue weighted by atomic mass is 9.90. The van der Waals surface area contributed by atoms with Gasteiger partial charge in [-0.1, -0.05) is 30.3 Å². The molecule has 0 atom stereocenters. The zero-order valence-electron chi connectivity index (χ0n) is 19.2. The van der Waals surface area contributed by atoms with Crippen molar-refractivity contribution in [1.82, 2.24) is 24.3 Å². The maximum absolute atomic E-state index is 14.9. The summed E-state index contributed by atoms with van der Waals surface area (Å²) in [5.41, 5.74) is 3.77. The van der Waals surface area contributed by atoms with Gasteiger partial charge in [0.05, 0.1) is 18.1 Å². The van der Waals surface area contributed by atoms with E-state index in [0.29, 0.717) is 23.7 Å². The van der Waals surface area contributed by atoms with Crippen LogP contribution >= 0.6 is 0 Å². The maximum Gasteiger partial charge on any atom is 0.223 e. The molecule has 34 heavy (non-hydrogen) atoms. The quantitative estimate of drug-likeness (QED) is 0.435. The van der Waals surface area contributed by atoms with Gasteiger partial charge in [-0.2, -0.15) is 0 Å². The fraction of sp³-hybridized carbons (Fsp3) is 0.370. The summed E-state index contributed by atoms with van der Waals surface area (Å²) in [5.74, 6) is 0.0328. The first-order valence-electron chi connectivity index (χ1n) is 12.3. The summed E-state index contributed by atoms with van der Waals surface area (Å²) < 4.78 is 16.8. The summed E-state index contributed by atoms with van der Waals surface area (Å²) in [5, 5.41) is 3.47. The van der Waals surface area contributed by atoms with Gasteiger partial charge in [0.2, 0.25) is 5.95 Å². The number of fused-ring (bicyclic) bond motifs is 1. The van der Waals surface area contributed by atoms with Gasteiger partial charge in [-0.15, -0.1) is 0 Å². The van der Waals surface area contributed by atoms with Crippen LogP contribution in [0, 0.1) is 5.82 Å². The van der Waals surface area contributed by atoms with E-state index in [4.69, 9.17) is 0 Å². The van der Waals surface area contributed by atoms with Crippen LogP contribution < -0.4 is 5.32 Å². The third-order valence-electron chi connectivity index (χ3n) is 7.29. The Kier molecular flexibility index (Phi) is 5.71. The minimum Gasteiger partial charge on any atom is -0.351 e. The van der Waals surface area contributed by atoms with Crippen molar-refractivity contribution < 1.29 is 4.39 Å². The molecule has 1 saturated carbocycles. The van der Waals surface area contributed by atoms with E-state index < -0.39 is 5.82 Å². The summed E-state index contributed by atoms with van der Waals surface area (Å²) >= 11 is 0. The van der Waals surface area contributed by atoms with Gasteiger partial charge < -0.3 is 10.2 Å². The van der Waals surface area contributed by atoms with E-state index >= 15 is 0 Å². The highest BCUT2D eigenvalue weighted by Gasteiger charge is 2.28. The fourth-order valence-corrected chi connectivity index (χ4v) is 5.45. The first-order chi connectivity index (χ1) is 16.7. The van der Waals surface area contributed by atoms with Crippen molar-refractivity contribution in [3.63, 3.8) is 0 Å². The Morgan fingerprint density at radius 1 is 0.853 bits per heavy atom. The van der Waals surface area contributed by atoms with Crippen molar-refractivity contribution in [1.29, 1.82) is 0 Å². The van der Waals surface area contributed by atoms with E-state index in [9.17, 15) is 4.39 Å². The molecule has 4 heterocycles. The summed E-state index contributed by atoms with van der Waals surface area (Å²) in [4.78, 5) is 16.0. The third-order valence-corrected chi connectivity index (χ3v) is 7.29. The topological polar surface area (TPSA) is 58.4 Å². The highest BCUT2D eigenvalue weighted by atomic mass is 19.1. The molecule has 2 fully saturated rings. The molecule has 4 aromatic rings. The van der Waals surface area contributed by atoms with Crippen LogP contribution in [0.1, 0.15) is 38.5 Å². The van der Waals surface area contributed by atoms with Crippen LogP contribution in [0.3, 0.4) is 0 Å². The van der Waals surface area contributed by atoms with E-state index in [-0.39, 0.29) is 5.69 Å². The number of nitrogens with zero attached hydrogens (tertiary/aromatic N) is 5. The van der Waals surface area contributed by atoms with E-state index in [1.165, 1.54) is 45.0 Å². The third kappa shape index (κ3) is 4.16. The van der Waals surface area contributed by atoms with Gasteiger partial charge in [-0.3, -0.25) is 4.40 Å². The number of benzene rings is 1. The molecule has 7 heteroatoms. The number of likely N-dealkylation sites (tertiary alicyclic amines) is 1. The molecule has 1 N–H and O–H groups in total. The molecule has 1 aliphatic carbocycles. The van der Waals surface area contributed by atoms with Crippen molar-refractivity contribution in [3.05, 3.63) is 66.9 Å². The number of aromatic nitrogens is 4. The first-order valence-corrected chi connectivity index (χ1v) is 12.3. The van der Waals surface area contributed by atoms with Crippen molar-refractivity contribution in [3.8, 4) is 22.5 Å². The molecule has 0 amide bonds. The second-order valence-electron chi connectivity index (χ2n) is 9.44. The predicted molar refractivity (Wildman–Crippen MR) is 132 cm³/mol. The molecule has 3 aromatic heterocycles. The Balaban J connectivity index is 1.23. The highest BCUT2D eigenvalue weighted by Crippen LogP contribution is 2.29. The number of imidazole rings is 1. The molecule has 0 unspecified atom stereocenters. The predicted octanol–water partition coefficient (Wildman–Crippen LogP) is 5.42.